The molecule has 10 heteroatoms. The molecule has 1 aromatic rings. The summed E-state index contributed by atoms with van der Waals surface area (Å²) < 4.78 is 5.25. The van der Waals surface area contributed by atoms with Gasteiger partial charge in [0.1, 0.15) is 18.7 Å². The van der Waals surface area contributed by atoms with Crippen molar-refractivity contribution in [2.75, 3.05) is 0 Å². The van der Waals surface area contributed by atoms with Crippen LogP contribution in [0.3, 0.4) is 0 Å². The lowest BCUT2D eigenvalue weighted by Gasteiger charge is -2.27. The van der Waals surface area contributed by atoms with Crippen LogP contribution in [0.15, 0.2) is 30.3 Å². The minimum Gasteiger partial charge on any atom is -0.445 e. The molecule has 0 bridgehead atoms. The Morgan fingerprint density at radius 3 is 2.08 bits per heavy atom. The Morgan fingerprint density at radius 1 is 0.895 bits per heavy atom. The average molecular weight is 531 g/mol. The highest BCUT2D eigenvalue weighted by Gasteiger charge is 2.34. The molecule has 1 saturated carbocycles. The number of carbonyl (C=O) groups is 5. The van der Waals surface area contributed by atoms with Gasteiger partial charge in [-0.15, -0.1) is 0 Å². The van der Waals surface area contributed by atoms with E-state index in [1.807, 2.05) is 51.1 Å². The predicted molar refractivity (Wildman–Crippen MR) is 143 cm³/mol. The number of benzene rings is 1. The van der Waals surface area contributed by atoms with Crippen molar-refractivity contribution in [1.29, 1.82) is 0 Å². The summed E-state index contributed by atoms with van der Waals surface area (Å²) in [6, 6.07) is 6.31. The summed E-state index contributed by atoms with van der Waals surface area (Å²) >= 11 is 0. The molecule has 3 atom stereocenters. The second kappa shape index (κ2) is 15.1. The molecule has 1 fully saturated rings. The average Bonchev–Trinajstić information content (AvgIpc) is 3.68. The van der Waals surface area contributed by atoms with E-state index < -0.39 is 47.7 Å². The molecule has 38 heavy (non-hydrogen) atoms. The quantitative estimate of drug-likeness (QED) is 0.257. The van der Waals surface area contributed by atoms with Gasteiger partial charge in [-0.2, -0.15) is 0 Å². The number of hydrogen-bond donors (Lipinski definition) is 4. The van der Waals surface area contributed by atoms with Gasteiger partial charge in [-0.25, -0.2) is 4.79 Å². The summed E-state index contributed by atoms with van der Waals surface area (Å²) in [5.74, 6) is -2.72. The lowest BCUT2D eigenvalue weighted by atomic mass is 9.99. The van der Waals surface area contributed by atoms with E-state index in [1.165, 1.54) is 0 Å². The van der Waals surface area contributed by atoms with E-state index in [2.05, 4.69) is 21.3 Å². The fourth-order valence-electron chi connectivity index (χ4n) is 3.86. The first-order valence-corrected chi connectivity index (χ1v) is 13.4. The molecule has 210 valence electrons. The minimum absolute atomic E-state index is 0.0252. The third-order valence-corrected chi connectivity index (χ3v) is 6.12. The number of Topliss-reactive ketones (excluding diaryl/α,β-unsaturated/α-hetero) is 1. The van der Waals surface area contributed by atoms with Crippen molar-refractivity contribution in [2.45, 2.75) is 97.5 Å². The van der Waals surface area contributed by atoms with E-state index in [-0.39, 0.29) is 24.5 Å². The molecular weight excluding hydrogens is 488 g/mol. The first-order chi connectivity index (χ1) is 18.0. The molecule has 0 radical (unpaired) electrons. The van der Waals surface area contributed by atoms with Crippen LogP contribution in [0, 0.1) is 11.8 Å². The number of ketones is 1. The van der Waals surface area contributed by atoms with E-state index in [4.69, 9.17) is 4.74 Å². The highest BCUT2D eigenvalue weighted by atomic mass is 16.5. The van der Waals surface area contributed by atoms with Crippen molar-refractivity contribution in [1.82, 2.24) is 21.3 Å². The monoisotopic (exact) mass is 530 g/mol. The van der Waals surface area contributed by atoms with Gasteiger partial charge < -0.3 is 26.0 Å². The van der Waals surface area contributed by atoms with Crippen molar-refractivity contribution < 1.29 is 28.7 Å². The molecule has 1 unspecified atom stereocenters. The topological polar surface area (TPSA) is 143 Å². The molecule has 0 aliphatic heterocycles. The van der Waals surface area contributed by atoms with Crippen LogP contribution in [0.5, 0.6) is 0 Å². The zero-order valence-electron chi connectivity index (χ0n) is 23.0. The Hall–Kier alpha value is -3.43. The van der Waals surface area contributed by atoms with Gasteiger partial charge in [0.05, 0.1) is 6.04 Å². The van der Waals surface area contributed by atoms with Crippen LogP contribution in [0.2, 0.25) is 0 Å². The van der Waals surface area contributed by atoms with Gasteiger partial charge in [-0.3, -0.25) is 19.2 Å². The van der Waals surface area contributed by atoms with Gasteiger partial charge in [0.15, 0.2) is 0 Å². The summed E-state index contributed by atoms with van der Waals surface area (Å²) in [5.41, 5.74) is 0.809. The molecule has 10 nitrogen and oxygen atoms in total. The third kappa shape index (κ3) is 10.5. The number of amides is 4. The van der Waals surface area contributed by atoms with E-state index in [0.29, 0.717) is 19.3 Å². The minimum atomic E-state index is -0.982. The van der Waals surface area contributed by atoms with Crippen LogP contribution >= 0.6 is 0 Å². The Bertz CT molecular complexity index is 961. The van der Waals surface area contributed by atoms with Crippen LogP contribution in [0.1, 0.15) is 72.3 Å². The molecule has 2 rings (SSSR count). The van der Waals surface area contributed by atoms with Crippen molar-refractivity contribution in [3.63, 3.8) is 0 Å². The van der Waals surface area contributed by atoms with Crippen LogP contribution in [0.25, 0.3) is 0 Å². The molecule has 1 aliphatic carbocycles. The van der Waals surface area contributed by atoms with Crippen molar-refractivity contribution in [3.8, 4) is 0 Å². The molecule has 0 saturated heterocycles. The molecule has 4 N–H and O–H groups in total. The van der Waals surface area contributed by atoms with Gasteiger partial charge in [0, 0.05) is 6.04 Å². The number of hydrogen-bond acceptors (Lipinski definition) is 6. The maximum absolute atomic E-state index is 13.2. The fourth-order valence-corrected chi connectivity index (χ4v) is 3.86. The predicted octanol–water partition coefficient (Wildman–Crippen LogP) is 2.60. The van der Waals surface area contributed by atoms with Gasteiger partial charge in [0.25, 0.3) is 5.91 Å². The van der Waals surface area contributed by atoms with Gasteiger partial charge >= 0.3 is 6.09 Å². The Morgan fingerprint density at radius 2 is 1.53 bits per heavy atom. The lowest BCUT2D eigenvalue weighted by Crippen LogP contribution is -2.58. The van der Waals surface area contributed by atoms with Gasteiger partial charge in [-0.05, 0) is 43.1 Å². The lowest BCUT2D eigenvalue weighted by molar-refractivity contribution is -0.140. The molecule has 4 amide bonds. The third-order valence-electron chi connectivity index (χ3n) is 6.12. The number of carbonyl (C=O) groups excluding carboxylic acids is 5. The summed E-state index contributed by atoms with van der Waals surface area (Å²) in [7, 11) is 0. The Kier molecular flexibility index (Phi) is 12.2. The molecule has 0 heterocycles. The van der Waals surface area contributed by atoms with E-state index >= 15 is 0 Å². The zero-order valence-corrected chi connectivity index (χ0v) is 23.0. The first kappa shape index (κ1) is 30.8. The normalized spacial score (nSPS) is 15.2. The summed E-state index contributed by atoms with van der Waals surface area (Å²) in [5, 5.41) is 10.7. The molecule has 0 aromatic heterocycles. The highest BCUT2D eigenvalue weighted by Crippen LogP contribution is 2.18. The zero-order chi connectivity index (χ0) is 28.2. The summed E-state index contributed by atoms with van der Waals surface area (Å²) in [6.45, 7) is 9.26. The molecular formula is C28H42N4O6. The first-order valence-electron chi connectivity index (χ1n) is 13.4. The molecule has 1 aromatic carbocycles. The van der Waals surface area contributed by atoms with Crippen LogP contribution < -0.4 is 21.3 Å². The maximum Gasteiger partial charge on any atom is 0.408 e. The standard InChI is InChI=1S/C28H42N4O6/c1-6-10-21(24(33)27(36)29-20-13-14-20)30-25(34)22(15-17(2)3)31-26(35)23(18(4)5)32-28(37)38-16-19-11-8-7-9-12-19/h7-9,11-12,17-18,20-23H,6,10,13-16H2,1-5H3,(H,29,36)(H,30,34)(H,31,35)(H,32,37)/t21-,22-,23?/m0/s1. The summed E-state index contributed by atoms with van der Waals surface area (Å²) in [4.78, 5) is 63.8. The number of alkyl carbamates (subject to hydrolysis) is 1. The summed E-state index contributed by atoms with van der Waals surface area (Å²) in [6.07, 6.45) is 2.13. The van der Waals surface area contributed by atoms with Crippen LogP contribution in [-0.4, -0.2) is 53.8 Å². The number of ether oxygens (including phenoxy) is 1. The van der Waals surface area contributed by atoms with Crippen molar-refractivity contribution >= 4 is 29.6 Å². The Balaban J connectivity index is 2.03. The van der Waals surface area contributed by atoms with E-state index in [1.54, 1.807) is 13.8 Å². The van der Waals surface area contributed by atoms with Crippen LogP contribution in [-0.2, 0) is 30.5 Å². The van der Waals surface area contributed by atoms with Crippen molar-refractivity contribution in [3.05, 3.63) is 35.9 Å². The number of nitrogens with one attached hydrogen (secondary N) is 4. The smallest absolute Gasteiger partial charge is 0.408 e. The molecule has 1 aliphatic rings. The highest BCUT2D eigenvalue weighted by molar-refractivity contribution is 6.38. The second-order valence-corrected chi connectivity index (χ2v) is 10.6. The second-order valence-electron chi connectivity index (χ2n) is 10.6. The fraction of sp³-hybridized carbons (Fsp3) is 0.607. The van der Waals surface area contributed by atoms with E-state index in [9.17, 15) is 24.0 Å². The van der Waals surface area contributed by atoms with Gasteiger partial charge in [-0.1, -0.05) is 71.4 Å². The number of rotatable bonds is 15. The molecule has 0 spiro atoms. The van der Waals surface area contributed by atoms with Crippen LogP contribution in [0.4, 0.5) is 4.79 Å². The Labute approximate surface area is 225 Å². The SMILES string of the molecule is CCC[C@H](NC(=O)[C@H](CC(C)C)NC(=O)C(NC(=O)OCc1ccccc1)C(C)C)C(=O)C(=O)NC1CC1. The van der Waals surface area contributed by atoms with Gasteiger partial charge in [0.2, 0.25) is 17.6 Å². The van der Waals surface area contributed by atoms with E-state index in [0.717, 1.165) is 18.4 Å². The largest absolute Gasteiger partial charge is 0.445 e. The maximum atomic E-state index is 13.2. The van der Waals surface area contributed by atoms with Crippen molar-refractivity contribution in [2.24, 2.45) is 11.8 Å².